The smallest absolute Gasteiger partial charge is 0.225 e. The van der Waals surface area contributed by atoms with Crippen LogP contribution in [0.1, 0.15) is 27.7 Å². The third kappa shape index (κ3) is 3.95. The molecule has 1 aliphatic rings. The van der Waals surface area contributed by atoms with Crippen molar-refractivity contribution in [1.29, 1.82) is 0 Å². The van der Waals surface area contributed by atoms with E-state index >= 15 is 0 Å². The average Bonchev–Trinajstić information content (AvgIpc) is 2.09. The van der Waals surface area contributed by atoms with Gasteiger partial charge >= 0.3 is 0 Å². The fourth-order valence-corrected chi connectivity index (χ4v) is 1.97. The maximum Gasteiger partial charge on any atom is 0.225 e. The molecule has 1 rings (SSSR count). The van der Waals surface area contributed by atoms with Crippen LogP contribution in [-0.4, -0.2) is 37.0 Å². The summed E-state index contributed by atoms with van der Waals surface area (Å²) in [7, 11) is 0. The Morgan fingerprint density at radius 3 is 2.25 bits per heavy atom. The first-order valence-corrected chi connectivity index (χ1v) is 6.05. The van der Waals surface area contributed by atoms with Crippen LogP contribution in [0.4, 0.5) is 0 Å². The molecule has 1 amide bonds. The Hall–Kier alpha value is -0.280. The molecule has 4 heteroatoms. The zero-order valence-corrected chi connectivity index (χ0v) is 11.6. The monoisotopic (exact) mass is 248 g/mol. The summed E-state index contributed by atoms with van der Waals surface area (Å²) >= 11 is 0. The molecule has 0 spiro atoms. The average molecular weight is 249 g/mol. The first kappa shape index (κ1) is 15.7. The van der Waals surface area contributed by atoms with Crippen LogP contribution in [0, 0.1) is 17.8 Å². The lowest BCUT2D eigenvalue weighted by atomic mass is 9.88. The van der Waals surface area contributed by atoms with Gasteiger partial charge in [-0.1, -0.05) is 20.8 Å². The van der Waals surface area contributed by atoms with Crippen molar-refractivity contribution in [3.05, 3.63) is 0 Å². The molecule has 0 bridgehead atoms. The van der Waals surface area contributed by atoms with Crippen molar-refractivity contribution in [3.8, 4) is 0 Å². The zero-order valence-electron chi connectivity index (χ0n) is 10.8. The SMILES string of the molecule is CCN(CC(C)C)C(=O)C(C)C1CNC1.Cl. The Morgan fingerprint density at radius 2 is 1.94 bits per heavy atom. The van der Waals surface area contributed by atoms with Gasteiger partial charge in [0.15, 0.2) is 0 Å². The normalized spacial score (nSPS) is 17.6. The molecule has 1 unspecified atom stereocenters. The van der Waals surface area contributed by atoms with Crippen molar-refractivity contribution in [2.24, 2.45) is 17.8 Å². The van der Waals surface area contributed by atoms with E-state index in [0.29, 0.717) is 17.7 Å². The van der Waals surface area contributed by atoms with E-state index in [1.807, 2.05) is 4.90 Å². The third-order valence-corrected chi connectivity index (χ3v) is 3.19. The van der Waals surface area contributed by atoms with Gasteiger partial charge in [-0.25, -0.2) is 0 Å². The number of amides is 1. The predicted octanol–water partition coefficient (Wildman–Crippen LogP) is 1.77. The molecule has 96 valence electrons. The summed E-state index contributed by atoms with van der Waals surface area (Å²) in [6.07, 6.45) is 0. The van der Waals surface area contributed by atoms with Gasteiger partial charge in [-0.15, -0.1) is 12.4 Å². The van der Waals surface area contributed by atoms with Gasteiger partial charge in [-0.3, -0.25) is 4.79 Å². The van der Waals surface area contributed by atoms with Gasteiger partial charge in [0.2, 0.25) is 5.91 Å². The van der Waals surface area contributed by atoms with Crippen molar-refractivity contribution in [1.82, 2.24) is 10.2 Å². The van der Waals surface area contributed by atoms with Crippen LogP contribution in [0.3, 0.4) is 0 Å². The molecule has 0 saturated carbocycles. The van der Waals surface area contributed by atoms with Gasteiger partial charge in [-0.2, -0.15) is 0 Å². The molecule has 1 atom stereocenters. The fraction of sp³-hybridized carbons (Fsp3) is 0.917. The van der Waals surface area contributed by atoms with Gasteiger partial charge in [0.25, 0.3) is 0 Å². The topological polar surface area (TPSA) is 32.3 Å². The predicted molar refractivity (Wildman–Crippen MR) is 69.9 cm³/mol. The van der Waals surface area contributed by atoms with Crippen LogP contribution in [0.2, 0.25) is 0 Å². The Kier molecular flexibility index (Phi) is 7.00. The van der Waals surface area contributed by atoms with E-state index in [4.69, 9.17) is 0 Å². The highest BCUT2D eigenvalue weighted by molar-refractivity contribution is 5.85. The first-order chi connectivity index (χ1) is 7.06. The molecule has 0 aromatic heterocycles. The maximum atomic E-state index is 12.1. The number of hydrogen-bond acceptors (Lipinski definition) is 2. The van der Waals surface area contributed by atoms with Crippen molar-refractivity contribution in [3.63, 3.8) is 0 Å². The Labute approximate surface area is 105 Å². The highest BCUT2D eigenvalue weighted by Crippen LogP contribution is 2.18. The molecule has 1 fully saturated rings. The minimum Gasteiger partial charge on any atom is -0.342 e. The number of carbonyl (C=O) groups is 1. The maximum absolute atomic E-state index is 12.1. The Balaban J connectivity index is 0.00000225. The second-order valence-electron chi connectivity index (χ2n) is 4.98. The van der Waals surface area contributed by atoms with E-state index in [2.05, 4.69) is 33.0 Å². The van der Waals surface area contributed by atoms with Crippen molar-refractivity contribution < 1.29 is 4.79 Å². The van der Waals surface area contributed by atoms with Crippen molar-refractivity contribution in [2.75, 3.05) is 26.2 Å². The van der Waals surface area contributed by atoms with Crippen molar-refractivity contribution in [2.45, 2.75) is 27.7 Å². The van der Waals surface area contributed by atoms with E-state index in [9.17, 15) is 4.79 Å². The number of carbonyl (C=O) groups excluding carboxylic acids is 1. The second-order valence-corrected chi connectivity index (χ2v) is 4.98. The number of rotatable bonds is 5. The molecule has 0 aromatic rings. The quantitative estimate of drug-likeness (QED) is 0.804. The summed E-state index contributed by atoms with van der Waals surface area (Å²) in [5.74, 6) is 1.63. The minimum atomic E-state index is 0. The summed E-state index contributed by atoms with van der Waals surface area (Å²) in [6, 6.07) is 0. The Morgan fingerprint density at radius 1 is 1.38 bits per heavy atom. The van der Waals surface area contributed by atoms with E-state index in [-0.39, 0.29) is 18.3 Å². The van der Waals surface area contributed by atoms with E-state index in [1.165, 1.54) is 0 Å². The molecule has 1 aliphatic heterocycles. The molecule has 16 heavy (non-hydrogen) atoms. The van der Waals surface area contributed by atoms with Crippen molar-refractivity contribution >= 4 is 18.3 Å². The fourth-order valence-electron chi connectivity index (χ4n) is 1.97. The summed E-state index contributed by atoms with van der Waals surface area (Å²) < 4.78 is 0. The van der Waals surface area contributed by atoms with Gasteiger partial charge in [0.1, 0.15) is 0 Å². The van der Waals surface area contributed by atoms with E-state index in [0.717, 1.165) is 26.2 Å². The summed E-state index contributed by atoms with van der Waals surface area (Å²) in [5.41, 5.74) is 0. The number of nitrogens with zero attached hydrogens (tertiary/aromatic N) is 1. The van der Waals surface area contributed by atoms with Crippen LogP contribution in [0.25, 0.3) is 0 Å². The highest BCUT2D eigenvalue weighted by atomic mass is 35.5. The number of nitrogens with one attached hydrogen (secondary N) is 1. The highest BCUT2D eigenvalue weighted by Gasteiger charge is 2.31. The molecular weight excluding hydrogens is 224 g/mol. The van der Waals surface area contributed by atoms with Gasteiger partial charge in [0.05, 0.1) is 0 Å². The lowest BCUT2D eigenvalue weighted by molar-refractivity contribution is -0.137. The van der Waals surface area contributed by atoms with Gasteiger partial charge in [-0.05, 0) is 31.8 Å². The molecule has 0 aliphatic carbocycles. The molecule has 0 aromatic carbocycles. The largest absolute Gasteiger partial charge is 0.342 e. The lowest BCUT2D eigenvalue weighted by Gasteiger charge is -2.35. The summed E-state index contributed by atoms with van der Waals surface area (Å²) in [5, 5.41) is 3.22. The molecular formula is C12H25ClN2O. The van der Waals surface area contributed by atoms with Crippen LogP contribution in [0.15, 0.2) is 0 Å². The minimum absolute atomic E-state index is 0. The molecule has 1 N–H and O–H groups in total. The number of hydrogen-bond donors (Lipinski definition) is 1. The number of halogens is 1. The molecule has 0 radical (unpaired) electrons. The van der Waals surface area contributed by atoms with Gasteiger partial charge < -0.3 is 10.2 Å². The first-order valence-electron chi connectivity index (χ1n) is 6.05. The zero-order chi connectivity index (χ0) is 11.4. The van der Waals surface area contributed by atoms with Crippen LogP contribution < -0.4 is 5.32 Å². The third-order valence-electron chi connectivity index (χ3n) is 3.19. The van der Waals surface area contributed by atoms with Gasteiger partial charge in [0, 0.05) is 19.0 Å². The van der Waals surface area contributed by atoms with Crippen LogP contribution in [-0.2, 0) is 4.79 Å². The van der Waals surface area contributed by atoms with Crippen LogP contribution in [0.5, 0.6) is 0 Å². The molecule has 1 heterocycles. The summed E-state index contributed by atoms with van der Waals surface area (Å²) in [4.78, 5) is 14.1. The molecule has 1 saturated heterocycles. The standard InChI is InChI=1S/C12H24N2O.ClH/c1-5-14(8-9(2)3)12(15)10(4)11-6-13-7-11;/h9-11,13H,5-8H2,1-4H3;1H. The Bertz CT molecular complexity index is 217. The lowest BCUT2D eigenvalue weighted by Crippen LogP contribution is -2.50. The second kappa shape index (κ2) is 7.13. The van der Waals surface area contributed by atoms with E-state index < -0.39 is 0 Å². The van der Waals surface area contributed by atoms with Crippen LogP contribution >= 0.6 is 12.4 Å². The summed E-state index contributed by atoms with van der Waals surface area (Å²) in [6.45, 7) is 12.2. The molecule has 3 nitrogen and oxygen atoms in total. The van der Waals surface area contributed by atoms with E-state index in [1.54, 1.807) is 0 Å².